The van der Waals surface area contributed by atoms with E-state index in [1.54, 1.807) is 17.4 Å². The molecule has 1 aliphatic heterocycles. The van der Waals surface area contributed by atoms with E-state index in [9.17, 15) is 4.79 Å². The molecule has 1 N–H and O–H groups in total. The predicted octanol–water partition coefficient (Wildman–Crippen LogP) is 6.95. The summed E-state index contributed by atoms with van der Waals surface area (Å²) in [5, 5.41) is 4.11. The SMILES string of the molecule is CCOc1ccc2nc(Sc3ccc(/C=C4\SC(=Nc5cc(C)ccc5C)NC4=O)o3)sc2c1. The maximum absolute atomic E-state index is 12.5. The van der Waals surface area contributed by atoms with Gasteiger partial charge in [0.2, 0.25) is 0 Å². The summed E-state index contributed by atoms with van der Waals surface area (Å²) in [6.45, 7) is 6.62. The molecule has 0 atom stereocenters. The zero-order valence-corrected chi connectivity index (χ0v) is 21.2. The van der Waals surface area contributed by atoms with Gasteiger partial charge in [0.1, 0.15) is 11.5 Å². The van der Waals surface area contributed by atoms with E-state index < -0.39 is 0 Å². The molecule has 3 heterocycles. The summed E-state index contributed by atoms with van der Waals surface area (Å²) in [5.41, 5.74) is 3.96. The maximum Gasteiger partial charge on any atom is 0.264 e. The van der Waals surface area contributed by atoms with E-state index in [0.717, 1.165) is 37.1 Å². The molecule has 1 aliphatic rings. The standard InChI is InChI=1S/C25H21N3O3S3/c1-4-30-16-7-9-18-20(12-16)33-25(27-18)34-22-10-8-17(31-22)13-21-23(29)28-24(32-21)26-19-11-14(2)5-6-15(19)3/h5-13H,4H2,1-3H3,(H,26,28,29)/b21-13-. The van der Waals surface area contributed by atoms with Crippen LogP contribution in [0.1, 0.15) is 23.8 Å². The van der Waals surface area contributed by atoms with Gasteiger partial charge in [-0.25, -0.2) is 9.98 Å². The minimum atomic E-state index is -0.184. The first kappa shape index (κ1) is 22.8. The number of amides is 1. The van der Waals surface area contributed by atoms with Crippen LogP contribution < -0.4 is 10.1 Å². The number of amidine groups is 1. The number of aliphatic imine (C=N–C) groups is 1. The first-order chi connectivity index (χ1) is 16.5. The van der Waals surface area contributed by atoms with E-state index >= 15 is 0 Å². The Kier molecular flexibility index (Phi) is 6.49. The third-order valence-electron chi connectivity index (χ3n) is 4.95. The van der Waals surface area contributed by atoms with Gasteiger partial charge in [0.05, 0.1) is 27.4 Å². The first-order valence-electron chi connectivity index (χ1n) is 10.6. The van der Waals surface area contributed by atoms with Crippen LogP contribution in [0.15, 0.2) is 72.3 Å². The number of carbonyl (C=O) groups excluding carboxylic acids is 1. The van der Waals surface area contributed by atoms with E-state index in [4.69, 9.17) is 9.15 Å². The zero-order chi connectivity index (χ0) is 23.7. The highest BCUT2D eigenvalue weighted by atomic mass is 32.2. The lowest BCUT2D eigenvalue weighted by atomic mass is 10.1. The average Bonchev–Trinajstić information content (AvgIpc) is 3.50. The van der Waals surface area contributed by atoms with Crippen LogP contribution in [-0.2, 0) is 4.79 Å². The maximum atomic E-state index is 12.5. The molecular weight excluding hydrogens is 486 g/mol. The molecule has 6 nitrogen and oxygen atoms in total. The minimum Gasteiger partial charge on any atom is -0.494 e. The number of carbonyl (C=O) groups is 1. The summed E-state index contributed by atoms with van der Waals surface area (Å²) in [6.07, 6.45) is 1.74. The number of hydrogen-bond acceptors (Lipinski definition) is 8. The Morgan fingerprint density at radius 2 is 2.06 bits per heavy atom. The van der Waals surface area contributed by atoms with Gasteiger partial charge in [0.25, 0.3) is 5.91 Å². The number of nitrogens with one attached hydrogen (secondary N) is 1. The summed E-state index contributed by atoms with van der Waals surface area (Å²) in [7, 11) is 0. The number of benzene rings is 2. The molecule has 0 radical (unpaired) electrons. The van der Waals surface area contributed by atoms with Crippen molar-refractivity contribution in [3.05, 3.63) is 70.3 Å². The third kappa shape index (κ3) is 5.06. The number of thioether (sulfide) groups is 1. The zero-order valence-electron chi connectivity index (χ0n) is 18.7. The number of hydrogen-bond donors (Lipinski definition) is 1. The third-order valence-corrected chi connectivity index (χ3v) is 7.86. The second-order valence-electron chi connectivity index (χ2n) is 7.57. The number of fused-ring (bicyclic) bond motifs is 1. The fourth-order valence-electron chi connectivity index (χ4n) is 3.30. The average molecular weight is 508 g/mol. The topological polar surface area (TPSA) is 76.7 Å². The van der Waals surface area contributed by atoms with Crippen LogP contribution in [0.4, 0.5) is 5.69 Å². The quantitative estimate of drug-likeness (QED) is 0.285. The second-order valence-corrected chi connectivity index (χ2v) is 10.9. The number of furan rings is 1. The van der Waals surface area contributed by atoms with Crippen LogP contribution >= 0.6 is 34.9 Å². The highest BCUT2D eigenvalue weighted by Crippen LogP contribution is 2.37. The molecule has 172 valence electrons. The van der Waals surface area contributed by atoms with Crippen molar-refractivity contribution in [2.75, 3.05) is 6.61 Å². The molecule has 2 aromatic carbocycles. The molecule has 0 spiro atoms. The van der Waals surface area contributed by atoms with Crippen molar-refractivity contribution in [2.45, 2.75) is 30.2 Å². The molecule has 0 unspecified atom stereocenters. The van der Waals surface area contributed by atoms with Crippen LogP contribution in [0, 0.1) is 13.8 Å². The molecule has 0 bridgehead atoms. The van der Waals surface area contributed by atoms with Crippen LogP contribution in [0.2, 0.25) is 0 Å². The van der Waals surface area contributed by atoms with Gasteiger partial charge in [-0.1, -0.05) is 12.1 Å². The molecule has 34 heavy (non-hydrogen) atoms. The lowest BCUT2D eigenvalue weighted by molar-refractivity contribution is -0.115. The summed E-state index contributed by atoms with van der Waals surface area (Å²) in [4.78, 5) is 22.3. The second kappa shape index (κ2) is 9.69. The Hall–Kier alpha value is -3.01. The Morgan fingerprint density at radius 3 is 2.91 bits per heavy atom. The number of thiazole rings is 1. The first-order valence-corrected chi connectivity index (χ1v) is 13.1. The fraction of sp³-hybridized carbons (Fsp3) is 0.160. The number of nitrogens with zero attached hydrogens (tertiary/aromatic N) is 2. The van der Waals surface area contributed by atoms with Gasteiger partial charge in [-0.15, -0.1) is 11.3 Å². The molecule has 0 aliphatic carbocycles. The Labute approximate surface area is 209 Å². The van der Waals surface area contributed by atoms with Crippen LogP contribution in [0.5, 0.6) is 5.75 Å². The number of aryl methyl sites for hydroxylation is 2. The number of aromatic nitrogens is 1. The van der Waals surface area contributed by atoms with Crippen molar-refractivity contribution in [3.63, 3.8) is 0 Å². The number of ether oxygens (including phenoxy) is 1. The highest BCUT2D eigenvalue weighted by molar-refractivity contribution is 8.18. The van der Waals surface area contributed by atoms with E-state index in [1.165, 1.54) is 23.5 Å². The van der Waals surface area contributed by atoms with Crippen LogP contribution in [-0.4, -0.2) is 22.7 Å². The Balaban J connectivity index is 1.30. The minimum absolute atomic E-state index is 0.184. The molecule has 1 saturated heterocycles. The Morgan fingerprint density at radius 1 is 1.18 bits per heavy atom. The molecular formula is C25H21N3O3S3. The van der Waals surface area contributed by atoms with Gasteiger partial charge in [-0.3, -0.25) is 4.79 Å². The van der Waals surface area contributed by atoms with Crippen molar-refractivity contribution >= 4 is 67.9 Å². The largest absolute Gasteiger partial charge is 0.494 e. The highest BCUT2D eigenvalue weighted by Gasteiger charge is 2.24. The smallest absolute Gasteiger partial charge is 0.264 e. The van der Waals surface area contributed by atoms with Crippen molar-refractivity contribution in [1.29, 1.82) is 0 Å². The molecule has 4 aromatic rings. The lowest BCUT2D eigenvalue weighted by Crippen LogP contribution is -2.19. The van der Waals surface area contributed by atoms with Gasteiger partial charge < -0.3 is 14.5 Å². The van der Waals surface area contributed by atoms with Gasteiger partial charge in [-0.05, 0) is 91.8 Å². The van der Waals surface area contributed by atoms with Gasteiger partial charge in [-0.2, -0.15) is 0 Å². The molecule has 9 heteroatoms. The van der Waals surface area contributed by atoms with Crippen LogP contribution in [0.25, 0.3) is 16.3 Å². The van der Waals surface area contributed by atoms with E-state index in [1.807, 2.05) is 69.3 Å². The normalized spacial score (nSPS) is 16.0. The van der Waals surface area contributed by atoms with Crippen LogP contribution in [0.3, 0.4) is 0 Å². The van der Waals surface area contributed by atoms with Crippen molar-refractivity contribution in [3.8, 4) is 5.75 Å². The van der Waals surface area contributed by atoms with Gasteiger partial charge >= 0.3 is 0 Å². The molecule has 5 rings (SSSR count). The lowest BCUT2D eigenvalue weighted by Gasteiger charge is -2.02. The predicted molar refractivity (Wildman–Crippen MR) is 140 cm³/mol. The molecule has 1 amide bonds. The molecule has 0 saturated carbocycles. The van der Waals surface area contributed by atoms with Crippen molar-refractivity contribution in [2.24, 2.45) is 4.99 Å². The molecule has 1 fully saturated rings. The summed E-state index contributed by atoms with van der Waals surface area (Å²) >= 11 is 4.35. The summed E-state index contributed by atoms with van der Waals surface area (Å²) in [6, 6.07) is 15.7. The summed E-state index contributed by atoms with van der Waals surface area (Å²) in [5.74, 6) is 1.26. The van der Waals surface area contributed by atoms with Gasteiger partial charge in [0.15, 0.2) is 14.6 Å². The van der Waals surface area contributed by atoms with Gasteiger partial charge in [0, 0.05) is 6.08 Å². The van der Waals surface area contributed by atoms with E-state index in [0.29, 0.717) is 27.5 Å². The molecule has 2 aromatic heterocycles. The van der Waals surface area contributed by atoms with E-state index in [-0.39, 0.29) is 5.91 Å². The van der Waals surface area contributed by atoms with Crippen molar-refractivity contribution in [1.82, 2.24) is 10.3 Å². The number of rotatable bonds is 6. The Bertz CT molecular complexity index is 1450. The van der Waals surface area contributed by atoms with E-state index in [2.05, 4.69) is 15.3 Å². The monoisotopic (exact) mass is 507 g/mol. The van der Waals surface area contributed by atoms with Crippen molar-refractivity contribution < 1.29 is 13.9 Å². The summed E-state index contributed by atoms with van der Waals surface area (Å²) < 4.78 is 13.5. The fourth-order valence-corrected chi connectivity index (χ4v) is 6.11.